The monoisotopic (exact) mass is 413 g/mol. The van der Waals surface area contributed by atoms with Crippen LogP contribution < -0.4 is 10.1 Å². The van der Waals surface area contributed by atoms with E-state index in [9.17, 15) is 25.2 Å². The van der Waals surface area contributed by atoms with Gasteiger partial charge in [0.2, 0.25) is 6.29 Å². The van der Waals surface area contributed by atoms with Gasteiger partial charge in [0.25, 0.3) is 0 Å². The molecule has 0 bridgehead atoms. The van der Waals surface area contributed by atoms with Crippen molar-refractivity contribution in [2.24, 2.45) is 0 Å². The van der Waals surface area contributed by atoms with Crippen molar-refractivity contribution in [3.05, 3.63) is 23.8 Å². The Balaban J connectivity index is 2.24. The lowest BCUT2D eigenvalue weighted by Crippen LogP contribution is -2.61. The van der Waals surface area contributed by atoms with Crippen LogP contribution in [-0.2, 0) is 20.9 Å². The minimum Gasteiger partial charge on any atom is -0.479 e. The second-order valence-electron chi connectivity index (χ2n) is 8.38. The molecule has 1 aliphatic rings. The number of carboxylic acids is 1. The molecule has 2 rings (SSSR count). The van der Waals surface area contributed by atoms with Crippen LogP contribution in [0, 0.1) is 0 Å². The van der Waals surface area contributed by atoms with Gasteiger partial charge in [-0.3, -0.25) is 0 Å². The van der Waals surface area contributed by atoms with Gasteiger partial charge in [-0.25, -0.2) is 4.79 Å². The molecule has 1 fully saturated rings. The number of anilines is 1. The molecule has 29 heavy (non-hydrogen) atoms. The number of aliphatic hydroxyl groups is 3. The standard InChI is InChI=1S/C20H31NO8/c1-10(2)21-12-8-11(9-27-20(3,4)5)6-7-13(12)28-19-16(24)14(22)15(23)17(29-19)18(25)26/h6-8,10,14-17,19,21-24H,9H2,1-5H3,(H,25,26)/t14-,15+,16+,17-,19+/m0/s1. The number of carboxylic acid groups (broad SMARTS) is 1. The van der Waals surface area contributed by atoms with E-state index in [0.717, 1.165) is 5.56 Å². The summed E-state index contributed by atoms with van der Waals surface area (Å²) in [6, 6.07) is 5.32. The first-order valence-electron chi connectivity index (χ1n) is 9.51. The van der Waals surface area contributed by atoms with E-state index in [-0.39, 0.29) is 11.6 Å². The summed E-state index contributed by atoms with van der Waals surface area (Å²) in [7, 11) is 0. The first kappa shape index (κ1) is 23.4. The Morgan fingerprint density at radius 1 is 1.17 bits per heavy atom. The van der Waals surface area contributed by atoms with E-state index in [1.165, 1.54) is 0 Å². The average molecular weight is 413 g/mol. The van der Waals surface area contributed by atoms with Crippen LogP contribution in [-0.4, -0.2) is 68.7 Å². The van der Waals surface area contributed by atoms with Gasteiger partial charge in [0.05, 0.1) is 17.9 Å². The van der Waals surface area contributed by atoms with E-state index < -0.39 is 36.7 Å². The molecule has 0 unspecified atom stereocenters. The quantitative estimate of drug-likeness (QED) is 0.445. The predicted molar refractivity (Wildman–Crippen MR) is 105 cm³/mol. The third kappa shape index (κ3) is 6.28. The second-order valence-corrected chi connectivity index (χ2v) is 8.38. The Labute approximate surface area is 170 Å². The van der Waals surface area contributed by atoms with E-state index in [2.05, 4.69) is 5.32 Å². The van der Waals surface area contributed by atoms with Crippen LogP contribution in [0.3, 0.4) is 0 Å². The summed E-state index contributed by atoms with van der Waals surface area (Å²) >= 11 is 0. The molecule has 0 amide bonds. The summed E-state index contributed by atoms with van der Waals surface area (Å²) in [4.78, 5) is 11.3. The molecular weight excluding hydrogens is 382 g/mol. The van der Waals surface area contributed by atoms with Crippen molar-refractivity contribution in [1.82, 2.24) is 0 Å². The second kappa shape index (κ2) is 9.27. The third-order valence-corrected chi connectivity index (χ3v) is 4.22. The molecule has 1 heterocycles. The number of rotatable bonds is 7. The van der Waals surface area contributed by atoms with Crippen molar-refractivity contribution in [3.8, 4) is 5.75 Å². The number of aliphatic carboxylic acids is 1. The molecule has 0 aromatic heterocycles. The van der Waals surface area contributed by atoms with Crippen molar-refractivity contribution in [3.63, 3.8) is 0 Å². The zero-order valence-corrected chi connectivity index (χ0v) is 17.3. The summed E-state index contributed by atoms with van der Waals surface area (Å²) in [6.45, 7) is 10.1. The molecule has 0 spiro atoms. The minimum atomic E-state index is -1.77. The van der Waals surface area contributed by atoms with Gasteiger partial charge < -0.3 is 40.0 Å². The van der Waals surface area contributed by atoms with Gasteiger partial charge in [-0.2, -0.15) is 0 Å². The maximum absolute atomic E-state index is 11.3. The van der Waals surface area contributed by atoms with Crippen LogP contribution in [0.1, 0.15) is 40.2 Å². The fourth-order valence-electron chi connectivity index (χ4n) is 2.77. The molecule has 1 aliphatic heterocycles. The van der Waals surface area contributed by atoms with Crippen LogP contribution in [0.2, 0.25) is 0 Å². The number of hydrogen-bond acceptors (Lipinski definition) is 8. The number of benzene rings is 1. The molecular formula is C20H31NO8. The van der Waals surface area contributed by atoms with Crippen molar-refractivity contribution in [2.45, 2.75) is 83.6 Å². The van der Waals surface area contributed by atoms with Crippen LogP contribution in [0.15, 0.2) is 18.2 Å². The smallest absolute Gasteiger partial charge is 0.335 e. The Kier molecular flexibility index (Phi) is 7.47. The van der Waals surface area contributed by atoms with Gasteiger partial charge >= 0.3 is 5.97 Å². The van der Waals surface area contributed by atoms with Gasteiger partial charge in [0.15, 0.2) is 6.10 Å². The fourth-order valence-corrected chi connectivity index (χ4v) is 2.77. The summed E-state index contributed by atoms with van der Waals surface area (Å²) in [5.41, 5.74) is 1.18. The highest BCUT2D eigenvalue weighted by Crippen LogP contribution is 2.31. The molecule has 5 N–H and O–H groups in total. The predicted octanol–water partition coefficient (Wildman–Crippen LogP) is 1.09. The number of carbonyl (C=O) groups is 1. The van der Waals surface area contributed by atoms with E-state index in [0.29, 0.717) is 18.0 Å². The largest absolute Gasteiger partial charge is 0.479 e. The lowest BCUT2D eigenvalue weighted by atomic mass is 9.99. The number of hydrogen-bond donors (Lipinski definition) is 5. The molecule has 0 saturated carbocycles. The SMILES string of the molecule is CC(C)Nc1cc(COC(C)(C)C)ccc1O[C@@H]1O[C@H](C(=O)O)[C@H](O)[C@H](O)[C@H]1O. The first-order chi connectivity index (χ1) is 13.4. The molecule has 1 aromatic carbocycles. The van der Waals surface area contributed by atoms with Crippen molar-refractivity contribution < 1.29 is 39.4 Å². The first-order valence-corrected chi connectivity index (χ1v) is 9.51. The minimum absolute atomic E-state index is 0.0625. The lowest BCUT2D eigenvalue weighted by Gasteiger charge is -2.38. The van der Waals surface area contributed by atoms with Crippen molar-refractivity contribution >= 4 is 11.7 Å². The van der Waals surface area contributed by atoms with Gasteiger partial charge in [-0.1, -0.05) is 6.07 Å². The van der Waals surface area contributed by atoms with E-state index in [1.807, 2.05) is 40.7 Å². The van der Waals surface area contributed by atoms with Crippen molar-refractivity contribution in [1.29, 1.82) is 0 Å². The highest BCUT2D eigenvalue weighted by molar-refractivity contribution is 5.73. The Morgan fingerprint density at radius 3 is 2.38 bits per heavy atom. The van der Waals surface area contributed by atoms with Crippen LogP contribution in [0.4, 0.5) is 5.69 Å². The number of nitrogens with one attached hydrogen (secondary N) is 1. The molecule has 1 aromatic rings. The van der Waals surface area contributed by atoms with Crippen LogP contribution >= 0.6 is 0 Å². The van der Waals surface area contributed by atoms with E-state index >= 15 is 0 Å². The normalized spacial score (nSPS) is 27.7. The summed E-state index contributed by atoms with van der Waals surface area (Å²) in [6.07, 6.45) is -8.32. The zero-order valence-electron chi connectivity index (χ0n) is 17.3. The van der Waals surface area contributed by atoms with Gasteiger partial charge in [-0.15, -0.1) is 0 Å². The Hall–Kier alpha value is -1.91. The van der Waals surface area contributed by atoms with Gasteiger partial charge in [0.1, 0.15) is 24.1 Å². The molecule has 9 heteroatoms. The molecule has 9 nitrogen and oxygen atoms in total. The Morgan fingerprint density at radius 2 is 1.83 bits per heavy atom. The van der Waals surface area contributed by atoms with Gasteiger partial charge in [-0.05, 0) is 52.3 Å². The summed E-state index contributed by atoms with van der Waals surface area (Å²) < 4.78 is 16.7. The Bertz CT molecular complexity index is 702. The van der Waals surface area contributed by atoms with Gasteiger partial charge in [0, 0.05) is 6.04 Å². The van der Waals surface area contributed by atoms with E-state index in [1.54, 1.807) is 12.1 Å². The highest BCUT2D eigenvalue weighted by atomic mass is 16.7. The van der Waals surface area contributed by atoms with Crippen LogP contribution in [0.5, 0.6) is 5.75 Å². The summed E-state index contributed by atoms with van der Waals surface area (Å²) in [5.74, 6) is -1.16. The average Bonchev–Trinajstić information content (AvgIpc) is 2.60. The number of aliphatic hydroxyl groups excluding tert-OH is 3. The summed E-state index contributed by atoms with van der Waals surface area (Å²) in [5, 5.41) is 42.3. The zero-order chi connectivity index (χ0) is 21.9. The molecule has 0 aliphatic carbocycles. The molecule has 0 radical (unpaired) electrons. The maximum atomic E-state index is 11.3. The molecule has 5 atom stereocenters. The molecule has 164 valence electrons. The number of ether oxygens (including phenoxy) is 3. The fraction of sp³-hybridized carbons (Fsp3) is 0.650. The van der Waals surface area contributed by atoms with Crippen LogP contribution in [0.25, 0.3) is 0 Å². The maximum Gasteiger partial charge on any atom is 0.335 e. The molecule has 1 saturated heterocycles. The third-order valence-electron chi connectivity index (χ3n) is 4.22. The van der Waals surface area contributed by atoms with E-state index in [4.69, 9.17) is 14.2 Å². The highest BCUT2D eigenvalue weighted by Gasteiger charge is 2.48. The van der Waals surface area contributed by atoms with Crippen molar-refractivity contribution in [2.75, 3.05) is 5.32 Å². The topological polar surface area (TPSA) is 138 Å². The lowest BCUT2D eigenvalue weighted by molar-refractivity contribution is -0.271.